The number of nitrogens with two attached hydrogens (primary N) is 6. The minimum absolute atomic E-state index is 0.0580. The summed E-state index contributed by atoms with van der Waals surface area (Å²) >= 11 is 0. The predicted molar refractivity (Wildman–Crippen MR) is 228 cm³/mol. The molecule has 0 aromatic heterocycles. The maximum Gasteiger partial charge on any atom is 0.326 e. The summed E-state index contributed by atoms with van der Waals surface area (Å²) in [5.41, 5.74) is 32.7. The van der Waals surface area contributed by atoms with Gasteiger partial charge < -0.3 is 75.5 Å². The van der Waals surface area contributed by atoms with Gasteiger partial charge in [0.2, 0.25) is 35.4 Å². The van der Waals surface area contributed by atoms with Crippen LogP contribution in [0.4, 0.5) is 0 Å². The van der Waals surface area contributed by atoms with Crippen molar-refractivity contribution in [2.75, 3.05) is 45.8 Å². The van der Waals surface area contributed by atoms with Gasteiger partial charge in [-0.05, 0) is 96.4 Å². The second-order valence-corrected chi connectivity index (χ2v) is 16.1. The number of carboxylic acids is 1. The molecule has 4 rings (SSSR count). The fourth-order valence-electron chi connectivity index (χ4n) is 8.48. The Morgan fingerprint density at radius 3 is 1.40 bits per heavy atom. The highest BCUT2D eigenvalue weighted by molar-refractivity contribution is 5.97. The summed E-state index contributed by atoms with van der Waals surface area (Å²) in [6.07, 6.45) is 5.19. The molecular formula is C38H66N16O8. The van der Waals surface area contributed by atoms with Crippen LogP contribution in [0.5, 0.6) is 0 Å². The zero-order chi connectivity index (χ0) is 45.3. The third-order valence-electron chi connectivity index (χ3n) is 11.6. The van der Waals surface area contributed by atoms with Gasteiger partial charge in [0.05, 0.1) is 6.04 Å². The average Bonchev–Trinajstić information content (AvgIpc) is 4.07. The Labute approximate surface area is 360 Å². The van der Waals surface area contributed by atoms with Crippen molar-refractivity contribution in [3.8, 4) is 0 Å². The van der Waals surface area contributed by atoms with E-state index in [-0.39, 0.29) is 82.3 Å². The fourth-order valence-corrected chi connectivity index (χ4v) is 8.48. The van der Waals surface area contributed by atoms with Crippen LogP contribution >= 0.6 is 0 Å². The van der Waals surface area contributed by atoms with Gasteiger partial charge in [-0.2, -0.15) is 0 Å². The Balaban J connectivity index is 1.47. The van der Waals surface area contributed by atoms with Gasteiger partial charge in [0.25, 0.3) is 0 Å². The Hall–Kier alpha value is -5.94. The molecule has 0 aromatic carbocycles. The highest BCUT2D eigenvalue weighted by atomic mass is 16.4. The van der Waals surface area contributed by atoms with Gasteiger partial charge in [-0.3, -0.25) is 43.7 Å². The number of aliphatic imine (C=N–C) groups is 3. The van der Waals surface area contributed by atoms with Gasteiger partial charge in [0.15, 0.2) is 17.9 Å². The van der Waals surface area contributed by atoms with Crippen molar-refractivity contribution in [2.24, 2.45) is 49.4 Å². The lowest BCUT2D eigenvalue weighted by Gasteiger charge is -2.34. The van der Waals surface area contributed by atoms with Gasteiger partial charge in [-0.15, -0.1) is 0 Å². The number of rotatable bonds is 22. The van der Waals surface area contributed by atoms with Gasteiger partial charge in [-0.1, -0.05) is 0 Å². The topological polar surface area (TPSA) is 391 Å². The van der Waals surface area contributed by atoms with Crippen LogP contribution in [0.2, 0.25) is 0 Å². The zero-order valence-electron chi connectivity index (χ0n) is 35.3. The van der Waals surface area contributed by atoms with E-state index in [1.807, 2.05) is 0 Å². The lowest BCUT2D eigenvalue weighted by Crippen LogP contribution is -2.59. The average molecular weight is 875 g/mol. The van der Waals surface area contributed by atoms with E-state index in [1.165, 1.54) is 14.7 Å². The SMILES string of the molecule is NC(N)=NCCC[C@H](NC(=O)[C@@H]1CCCN1C(=O)[C@@H]1CCCN1C(=O)[C@H](CCCN=C(N)N)NC(=O)[C@@H]1CCCN1C(=O)[C@H](CCCN=C(N)N)NC(=O)[C@@H]1CCCN1)C(=O)O. The van der Waals surface area contributed by atoms with Crippen LogP contribution < -0.4 is 55.7 Å². The van der Waals surface area contributed by atoms with E-state index in [1.54, 1.807) is 0 Å². The van der Waals surface area contributed by atoms with Gasteiger partial charge >= 0.3 is 5.97 Å². The molecule has 0 bridgehead atoms. The van der Waals surface area contributed by atoms with Gasteiger partial charge in [0, 0.05) is 39.3 Å². The van der Waals surface area contributed by atoms with Crippen LogP contribution in [0.3, 0.4) is 0 Å². The number of carbonyl (C=O) groups is 7. The minimum Gasteiger partial charge on any atom is -0.480 e. The van der Waals surface area contributed by atoms with Crippen LogP contribution in [-0.2, 0) is 33.6 Å². The molecule has 0 radical (unpaired) electrons. The Bertz CT molecular complexity index is 1690. The third-order valence-corrected chi connectivity index (χ3v) is 11.6. The zero-order valence-corrected chi connectivity index (χ0v) is 35.3. The second kappa shape index (κ2) is 23.9. The first-order chi connectivity index (χ1) is 29.6. The molecule has 4 aliphatic rings. The lowest BCUT2D eigenvalue weighted by molar-refractivity contribution is -0.149. The molecule has 4 fully saturated rings. The number of guanidine groups is 3. The molecule has 24 nitrogen and oxygen atoms in total. The summed E-state index contributed by atoms with van der Waals surface area (Å²) in [5.74, 6) is -4.53. The highest BCUT2D eigenvalue weighted by Gasteiger charge is 2.45. The van der Waals surface area contributed by atoms with Gasteiger partial charge in [0.1, 0.15) is 36.3 Å². The van der Waals surface area contributed by atoms with Crippen LogP contribution in [0.15, 0.2) is 15.0 Å². The summed E-state index contributed by atoms with van der Waals surface area (Å²) in [6.45, 7) is 1.94. The van der Waals surface area contributed by atoms with Gasteiger partial charge in [-0.25, -0.2) is 4.79 Å². The first-order valence-electron chi connectivity index (χ1n) is 21.5. The number of carboxylic acid groups (broad SMARTS) is 1. The monoisotopic (exact) mass is 875 g/mol. The van der Waals surface area contributed by atoms with E-state index in [0.29, 0.717) is 70.8 Å². The second-order valence-electron chi connectivity index (χ2n) is 16.1. The number of likely N-dealkylation sites (tertiary alicyclic amines) is 3. The first kappa shape index (κ1) is 48.7. The largest absolute Gasteiger partial charge is 0.480 e. The number of nitrogens with one attached hydrogen (secondary N) is 4. The van der Waals surface area contributed by atoms with E-state index in [4.69, 9.17) is 34.4 Å². The van der Waals surface area contributed by atoms with E-state index >= 15 is 0 Å². The van der Waals surface area contributed by atoms with E-state index in [0.717, 1.165) is 6.42 Å². The lowest BCUT2D eigenvalue weighted by atomic mass is 10.1. The maximum atomic E-state index is 14.4. The molecule has 0 aliphatic carbocycles. The van der Waals surface area contributed by atoms with Crippen molar-refractivity contribution in [1.29, 1.82) is 0 Å². The van der Waals surface area contributed by atoms with E-state index < -0.39 is 77.8 Å². The predicted octanol–water partition coefficient (Wildman–Crippen LogP) is -4.59. The quantitative estimate of drug-likeness (QED) is 0.0277. The molecule has 6 amide bonds. The molecule has 346 valence electrons. The number of amides is 6. The van der Waals surface area contributed by atoms with Crippen LogP contribution in [-0.4, -0.2) is 167 Å². The molecular weight excluding hydrogens is 809 g/mol. The number of nitrogens with zero attached hydrogens (tertiary/aromatic N) is 6. The Morgan fingerprint density at radius 1 is 0.548 bits per heavy atom. The molecule has 62 heavy (non-hydrogen) atoms. The summed E-state index contributed by atoms with van der Waals surface area (Å²) in [7, 11) is 0. The standard InChI is InChI=1S/C38H66N16O8/c39-36(40)46-16-2-9-23(49-29(55)22-8-1-15-45-22)32(58)52-19-5-12-26(52)30(56)50-24(10-3-17-47-37(41)42)33(59)54-21-7-14-28(54)34(60)53-20-6-13-27(53)31(57)51-25(35(61)62)11-4-18-48-38(43)44/h22-28,45H,1-21H2,(H,49,55)(H,50,56)(H,51,57)(H,61,62)(H4,39,40,46)(H4,41,42,47)(H4,43,44,48)/t22-,23-,24-,25-,26-,27-,28-/m0/s1. The normalized spacial score (nSPS) is 22.2. The number of hydrogen-bond donors (Lipinski definition) is 11. The van der Waals surface area contributed by atoms with Crippen LogP contribution in [0.25, 0.3) is 0 Å². The minimum atomic E-state index is -1.24. The fraction of sp³-hybridized carbons (Fsp3) is 0.737. The van der Waals surface area contributed by atoms with Crippen LogP contribution in [0, 0.1) is 0 Å². The molecule has 24 heteroatoms. The molecule has 17 N–H and O–H groups in total. The first-order valence-corrected chi connectivity index (χ1v) is 21.5. The Morgan fingerprint density at radius 2 is 0.952 bits per heavy atom. The van der Waals surface area contributed by atoms with Crippen molar-refractivity contribution < 1.29 is 38.7 Å². The third kappa shape index (κ3) is 14.1. The number of aliphatic carboxylic acids is 1. The maximum absolute atomic E-state index is 14.4. The highest BCUT2D eigenvalue weighted by Crippen LogP contribution is 2.27. The summed E-state index contributed by atoms with van der Waals surface area (Å²) < 4.78 is 0. The van der Waals surface area contributed by atoms with E-state index in [2.05, 4.69) is 36.2 Å². The molecule has 0 saturated carbocycles. The molecule has 0 unspecified atom stereocenters. The number of carbonyl (C=O) groups excluding carboxylic acids is 6. The molecule has 7 atom stereocenters. The smallest absolute Gasteiger partial charge is 0.326 e. The van der Waals surface area contributed by atoms with Crippen molar-refractivity contribution in [3.63, 3.8) is 0 Å². The summed E-state index contributed by atoms with van der Waals surface area (Å²) in [5, 5.41) is 21.2. The van der Waals surface area contributed by atoms with Crippen LogP contribution in [0.1, 0.15) is 89.9 Å². The molecule has 4 saturated heterocycles. The van der Waals surface area contributed by atoms with Crippen molar-refractivity contribution in [2.45, 2.75) is 132 Å². The summed E-state index contributed by atoms with van der Waals surface area (Å²) in [6, 6.07) is -6.59. The number of hydrogen-bond acceptors (Lipinski definition) is 11. The molecule has 4 aliphatic heterocycles. The molecule has 4 heterocycles. The van der Waals surface area contributed by atoms with Crippen molar-refractivity contribution >= 4 is 59.3 Å². The Kier molecular flexibility index (Phi) is 18.8. The molecule has 0 spiro atoms. The van der Waals surface area contributed by atoms with Crippen molar-refractivity contribution in [1.82, 2.24) is 36.0 Å². The molecule has 0 aromatic rings. The summed E-state index contributed by atoms with van der Waals surface area (Å²) in [4.78, 5) is 112. The van der Waals surface area contributed by atoms with E-state index in [9.17, 15) is 38.7 Å². The van der Waals surface area contributed by atoms with Crippen molar-refractivity contribution in [3.05, 3.63) is 0 Å².